The van der Waals surface area contributed by atoms with Gasteiger partial charge < -0.3 is 0 Å². The lowest BCUT2D eigenvalue weighted by Crippen LogP contribution is -2.29. The molecule has 0 atom stereocenters. The van der Waals surface area contributed by atoms with E-state index in [4.69, 9.17) is 4.98 Å². The van der Waals surface area contributed by atoms with Crippen LogP contribution in [0, 0.1) is 0 Å². The van der Waals surface area contributed by atoms with Gasteiger partial charge in [0.2, 0.25) is 0 Å². The highest BCUT2D eigenvalue weighted by Crippen LogP contribution is 2.39. The van der Waals surface area contributed by atoms with Crippen molar-refractivity contribution < 1.29 is 4.79 Å². The summed E-state index contributed by atoms with van der Waals surface area (Å²) in [5, 5.41) is 0. The van der Waals surface area contributed by atoms with Crippen LogP contribution in [-0.4, -0.2) is 15.3 Å². The first kappa shape index (κ1) is 18.6. The summed E-state index contributed by atoms with van der Waals surface area (Å²) in [5.41, 5.74) is 6.03. The molecule has 0 radical (unpaired) electrons. The molecule has 2 aromatic rings. The molecule has 0 bridgehead atoms. The molecule has 0 saturated heterocycles. The molecule has 0 fully saturated rings. The van der Waals surface area contributed by atoms with Gasteiger partial charge in [-0.3, -0.25) is 14.2 Å². The van der Waals surface area contributed by atoms with E-state index in [9.17, 15) is 9.59 Å². The van der Waals surface area contributed by atoms with Gasteiger partial charge in [-0.1, -0.05) is 48.1 Å². The number of fused-ring (bicyclic) bond motifs is 2. The summed E-state index contributed by atoms with van der Waals surface area (Å²) in [7, 11) is 0. The molecule has 1 aromatic heterocycles. The number of carbonyl (C=O) groups is 1. The third-order valence-electron chi connectivity index (χ3n) is 5.69. The molecule has 28 heavy (non-hydrogen) atoms. The maximum absolute atomic E-state index is 13.3. The number of benzene rings is 1. The molecule has 0 saturated carbocycles. The van der Waals surface area contributed by atoms with Gasteiger partial charge in [-0.05, 0) is 38.2 Å². The minimum absolute atomic E-state index is 0.0436. The molecule has 1 heterocycles. The highest BCUT2D eigenvalue weighted by atomic mass is 16.1. The van der Waals surface area contributed by atoms with Crippen LogP contribution in [0.2, 0.25) is 0 Å². The van der Waals surface area contributed by atoms with Gasteiger partial charge in [-0.15, -0.1) is 0 Å². The Hall–Kier alpha value is -2.75. The number of hydrogen-bond donors (Lipinski definition) is 0. The SMILES string of the molecule is C=C(C)Cn1c(CCC(=O)c2ccccc2)nc2c(c1=O)C1=C(CCCC1)C2. The van der Waals surface area contributed by atoms with E-state index >= 15 is 0 Å². The summed E-state index contributed by atoms with van der Waals surface area (Å²) in [4.78, 5) is 30.8. The number of aryl methyl sites for hydroxylation is 1. The number of Topliss-reactive ketones (excluding diaryl/α,β-unsaturated/α-hetero) is 1. The molecule has 0 amide bonds. The van der Waals surface area contributed by atoms with Gasteiger partial charge in [-0.2, -0.15) is 0 Å². The Bertz CT molecular complexity index is 1030. The number of carbonyl (C=O) groups excluding carboxylic acids is 1. The second kappa shape index (κ2) is 7.70. The first-order valence-corrected chi connectivity index (χ1v) is 10.1. The fourth-order valence-electron chi connectivity index (χ4n) is 4.36. The molecule has 2 aliphatic rings. The molecular weight excluding hydrogens is 348 g/mol. The fourth-order valence-corrected chi connectivity index (χ4v) is 4.36. The van der Waals surface area contributed by atoms with Crippen LogP contribution in [0.1, 0.15) is 66.5 Å². The van der Waals surface area contributed by atoms with Gasteiger partial charge in [0.05, 0.1) is 11.3 Å². The van der Waals surface area contributed by atoms with Gasteiger partial charge in [-0.25, -0.2) is 4.98 Å². The quantitative estimate of drug-likeness (QED) is 0.552. The van der Waals surface area contributed by atoms with E-state index in [0.29, 0.717) is 30.8 Å². The Morgan fingerprint density at radius 3 is 2.68 bits per heavy atom. The first-order valence-electron chi connectivity index (χ1n) is 10.1. The lowest BCUT2D eigenvalue weighted by atomic mass is 9.92. The minimum Gasteiger partial charge on any atom is -0.294 e. The lowest BCUT2D eigenvalue weighted by molar-refractivity contribution is 0.0981. The van der Waals surface area contributed by atoms with Crippen LogP contribution in [-0.2, 0) is 19.4 Å². The van der Waals surface area contributed by atoms with Gasteiger partial charge in [0.1, 0.15) is 5.82 Å². The van der Waals surface area contributed by atoms with Crippen molar-refractivity contribution in [1.82, 2.24) is 9.55 Å². The van der Waals surface area contributed by atoms with Crippen LogP contribution < -0.4 is 5.56 Å². The maximum atomic E-state index is 13.3. The normalized spacial score (nSPS) is 15.3. The lowest BCUT2D eigenvalue weighted by Gasteiger charge is -2.16. The zero-order valence-electron chi connectivity index (χ0n) is 16.5. The molecule has 4 heteroatoms. The van der Waals surface area contributed by atoms with E-state index < -0.39 is 0 Å². The van der Waals surface area contributed by atoms with Crippen molar-refractivity contribution in [3.05, 3.63) is 81.1 Å². The maximum Gasteiger partial charge on any atom is 0.261 e. The number of rotatable bonds is 6. The Morgan fingerprint density at radius 2 is 1.93 bits per heavy atom. The highest BCUT2D eigenvalue weighted by Gasteiger charge is 2.29. The van der Waals surface area contributed by atoms with E-state index in [1.54, 1.807) is 4.57 Å². The van der Waals surface area contributed by atoms with Crippen LogP contribution in [0.15, 0.2) is 52.9 Å². The largest absolute Gasteiger partial charge is 0.294 e. The first-order chi connectivity index (χ1) is 13.5. The molecule has 0 spiro atoms. The van der Waals surface area contributed by atoms with Gasteiger partial charge in [0, 0.05) is 31.4 Å². The molecule has 0 N–H and O–H groups in total. The van der Waals surface area contributed by atoms with Gasteiger partial charge in [0.25, 0.3) is 5.56 Å². The zero-order valence-corrected chi connectivity index (χ0v) is 16.5. The van der Waals surface area contributed by atoms with Gasteiger partial charge >= 0.3 is 0 Å². The third kappa shape index (κ3) is 3.51. The van der Waals surface area contributed by atoms with Gasteiger partial charge in [0.15, 0.2) is 5.78 Å². The predicted octanol–water partition coefficient (Wildman–Crippen LogP) is 4.52. The summed E-state index contributed by atoms with van der Waals surface area (Å²) in [6.07, 6.45) is 6.02. The van der Waals surface area contributed by atoms with Crippen LogP contribution in [0.3, 0.4) is 0 Å². The van der Waals surface area contributed by atoms with Crippen molar-refractivity contribution in [2.24, 2.45) is 0 Å². The monoisotopic (exact) mass is 374 g/mol. The number of nitrogens with zero attached hydrogens (tertiary/aromatic N) is 2. The topological polar surface area (TPSA) is 52.0 Å². The van der Waals surface area contributed by atoms with Crippen LogP contribution in [0.4, 0.5) is 0 Å². The van der Waals surface area contributed by atoms with Crippen LogP contribution in [0.25, 0.3) is 5.57 Å². The molecule has 1 aromatic carbocycles. The standard InChI is InChI=1S/C24H26N2O2/c1-16(2)15-26-22(13-12-21(27)17-8-4-3-5-9-17)25-20-14-18-10-6-7-11-19(18)23(20)24(26)28/h3-5,8-9H,1,6-7,10-15H2,2H3. The Kier molecular flexibility index (Phi) is 5.12. The number of allylic oxidation sites excluding steroid dienone is 3. The van der Waals surface area contributed by atoms with E-state index in [1.807, 2.05) is 37.3 Å². The minimum atomic E-state index is 0.0436. The van der Waals surface area contributed by atoms with Crippen LogP contribution >= 0.6 is 0 Å². The summed E-state index contributed by atoms with van der Waals surface area (Å²) in [5.74, 6) is 0.783. The summed E-state index contributed by atoms with van der Waals surface area (Å²) in [6, 6.07) is 9.30. The van der Waals surface area contributed by atoms with E-state index in [0.717, 1.165) is 42.5 Å². The Balaban J connectivity index is 1.67. The predicted molar refractivity (Wildman–Crippen MR) is 111 cm³/mol. The van der Waals surface area contributed by atoms with E-state index in [2.05, 4.69) is 6.58 Å². The Labute approximate surface area is 165 Å². The third-order valence-corrected chi connectivity index (χ3v) is 5.69. The summed E-state index contributed by atoms with van der Waals surface area (Å²) in [6.45, 7) is 6.36. The summed E-state index contributed by atoms with van der Waals surface area (Å²) >= 11 is 0. The average Bonchev–Trinajstić information content (AvgIpc) is 3.07. The van der Waals surface area contributed by atoms with Crippen molar-refractivity contribution in [1.29, 1.82) is 0 Å². The van der Waals surface area contributed by atoms with Crippen molar-refractivity contribution in [2.75, 3.05) is 0 Å². The molecule has 4 rings (SSSR count). The molecule has 0 unspecified atom stereocenters. The zero-order chi connectivity index (χ0) is 19.7. The fraction of sp³-hybridized carbons (Fsp3) is 0.375. The smallest absolute Gasteiger partial charge is 0.261 e. The molecular formula is C24H26N2O2. The average molecular weight is 374 g/mol. The molecule has 2 aliphatic carbocycles. The second-order valence-electron chi connectivity index (χ2n) is 7.95. The molecule has 0 aliphatic heterocycles. The highest BCUT2D eigenvalue weighted by molar-refractivity contribution is 5.96. The summed E-state index contributed by atoms with van der Waals surface area (Å²) < 4.78 is 1.74. The molecule has 4 nitrogen and oxygen atoms in total. The van der Waals surface area contributed by atoms with Crippen LogP contribution in [0.5, 0.6) is 0 Å². The Morgan fingerprint density at radius 1 is 1.18 bits per heavy atom. The van der Waals surface area contributed by atoms with Crippen molar-refractivity contribution in [3.63, 3.8) is 0 Å². The molecule has 144 valence electrons. The van der Waals surface area contributed by atoms with E-state index in [1.165, 1.54) is 17.6 Å². The van der Waals surface area contributed by atoms with Crippen molar-refractivity contribution >= 4 is 11.4 Å². The van der Waals surface area contributed by atoms with Crippen molar-refractivity contribution in [3.8, 4) is 0 Å². The number of ketones is 1. The number of hydrogen-bond acceptors (Lipinski definition) is 3. The number of aromatic nitrogens is 2. The van der Waals surface area contributed by atoms with Crippen molar-refractivity contribution in [2.45, 2.75) is 58.4 Å². The second-order valence-corrected chi connectivity index (χ2v) is 7.95. The van der Waals surface area contributed by atoms with E-state index in [-0.39, 0.29) is 11.3 Å².